The number of nitrogens with zero attached hydrogens (tertiary/aromatic N) is 1. The summed E-state index contributed by atoms with van der Waals surface area (Å²) < 4.78 is 0. The first-order valence-electron chi connectivity index (χ1n) is 6.04. The maximum atomic E-state index is 9.07. The van der Waals surface area contributed by atoms with Gasteiger partial charge in [-0.1, -0.05) is 30.3 Å². The van der Waals surface area contributed by atoms with Crippen LogP contribution in [0.2, 0.25) is 0 Å². The molecule has 0 amide bonds. The van der Waals surface area contributed by atoms with Gasteiger partial charge >= 0.3 is 0 Å². The fourth-order valence-corrected chi connectivity index (χ4v) is 2.07. The minimum Gasteiger partial charge on any atom is -0.395 e. The molecule has 0 bridgehead atoms. The Kier molecular flexibility index (Phi) is 6.81. The summed E-state index contributed by atoms with van der Waals surface area (Å²) in [5, 5.41) is 18.1. The van der Waals surface area contributed by atoms with Gasteiger partial charge in [-0.05, 0) is 18.5 Å². The highest BCUT2D eigenvalue weighted by molar-refractivity contribution is 5.19. The minimum absolute atomic E-state index is 0.0912. The minimum atomic E-state index is 0.0912. The SMILES string of the molecule is NCCC(c1ccccc1)N(CCO)CCO. The molecule has 1 aromatic carbocycles. The fraction of sp³-hybridized carbons (Fsp3) is 0.538. The van der Waals surface area contributed by atoms with Gasteiger partial charge in [0.25, 0.3) is 0 Å². The number of aliphatic hydroxyl groups is 2. The average molecular weight is 238 g/mol. The van der Waals surface area contributed by atoms with Gasteiger partial charge in [0.2, 0.25) is 0 Å². The molecule has 1 rings (SSSR count). The number of benzene rings is 1. The highest BCUT2D eigenvalue weighted by Crippen LogP contribution is 2.23. The number of hydrogen-bond donors (Lipinski definition) is 3. The van der Waals surface area contributed by atoms with Crippen molar-refractivity contribution in [3.8, 4) is 0 Å². The average Bonchev–Trinajstić information content (AvgIpc) is 2.37. The summed E-state index contributed by atoms with van der Waals surface area (Å²) in [6, 6.07) is 10.2. The van der Waals surface area contributed by atoms with E-state index in [4.69, 9.17) is 15.9 Å². The second kappa shape index (κ2) is 8.20. The summed E-state index contributed by atoms with van der Waals surface area (Å²) in [7, 11) is 0. The molecule has 17 heavy (non-hydrogen) atoms. The molecule has 0 saturated heterocycles. The van der Waals surface area contributed by atoms with Crippen LogP contribution in [0.25, 0.3) is 0 Å². The molecular formula is C13H22N2O2. The van der Waals surface area contributed by atoms with Crippen LogP contribution >= 0.6 is 0 Å². The third-order valence-electron chi connectivity index (χ3n) is 2.84. The van der Waals surface area contributed by atoms with E-state index >= 15 is 0 Å². The molecule has 1 atom stereocenters. The van der Waals surface area contributed by atoms with E-state index in [-0.39, 0.29) is 19.3 Å². The monoisotopic (exact) mass is 238 g/mol. The molecule has 0 fully saturated rings. The molecule has 0 saturated carbocycles. The predicted molar refractivity (Wildman–Crippen MR) is 68.6 cm³/mol. The zero-order chi connectivity index (χ0) is 12.5. The highest BCUT2D eigenvalue weighted by atomic mass is 16.3. The van der Waals surface area contributed by atoms with Gasteiger partial charge in [0.05, 0.1) is 13.2 Å². The summed E-state index contributed by atoms with van der Waals surface area (Å²) in [5.41, 5.74) is 6.83. The van der Waals surface area contributed by atoms with Gasteiger partial charge in [-0.15, -0.1) is 0 Å². The molecule has 1 aromatic rings. The Hall–Kier alpha value is -0.940. The summed E-state index contributed by atoms with van der Waals surface area (Å²) in [6.45, 7) is 1.88. The quantitative estimate of drug-likeness (QED) is 0.612. The van der Waals surface area contributed by atoms with Crippen molar-refractivity contribution in [3.63, 3.8) is 0 Å². The van der Waals surface area contributed by atoms with Gasteiger partial charge in [-0.3, -0.25) is 4.90 Å². The molecule has 4 nitrogen and oxygen atoms in total. The fourth-order valence-electron chi connectivity index (χ4n) is 2.07. The molecule has 0 aliphatic carbocycles. The molecule has 0 aliphatic rings. The number of aliphatic hydroxyl groups excluding tert-OH is 2. The van der Waals surface area contributed by atoms with Crippen LogP contribution in [-0.4, -0.2) is 48.0 Å². The summed E-state index contributed by atoms with van der Waals surface area (Å²) >= 11 is 0. The molecule has 4 N–H and O–H groups in total. The van der Waals surface area contributed by atoms with Crippen molar-refractivity contribution in [1.29, 1.82) is 0 Å². The van der Waals surface area contributed by atoms with Crippen LogP contribution in [0.4, 0.5) is 0 Å². The molecule has 0 aromatic heterocycles. The van der Waals surface area contributed by atoms with Crippen LogP contribution < -0.4 is 5.73 Å². The Morgan fingerprint density at radius 3 is 2.12 bits per heavy atom. The van der Waals surface area contributed by atoms with E-state index in [1.165, 1.54) is 5.56 Å². The molecule has 1 unspecified atom stereocenters. The molecule has 0 heterocycles. The molecular weight excluding hydrogens is 216 g/mol. The smallest absolute Gasteiger partial charge is 0.0558 e. The highest BCUT2D eigenvalue weighted by Gasteiger charge is 2.18. The lowest BCUT2D eigenvalue weighted by atomic mass is 10.0. The summed E-state index contributed by atoms with van der Waals surface area (Å²) in [4.78, 5) is 2.07. The van der Waals surface area contributed by atoms with Gasteiger partial charge in [0.1, 0.15) is 0 Å². The van der Waals surface area contributed by atoms with Crippen LogP contribution in [0.3, 0.4) is 0 Å². The van der Waals surface area contributed by atoms with Crippen molar-refractivity contribution in [2.24, 2.45) is 5.73 Å². The van der Waals surface area contributed by atoms with E-state index < -0.39 is 0 Å². The summed E-state index contributed by atoms with van der Waals surface area (Å²) in [6.07, 6.45) is 0.823. The van der Waals surface area contributed by atoms with E-state index in [1.807, 2.05) is 18.2 Å². The lowest BCUT2D eigenvalue weighted by molar-refractivity contribution is 0.118. The van der Waals surface area contributed by atoms with Crippen LogP contribution in [0.1, 0.15) is 18.0 Å². The predicted octanol–water partition coefficient (Wildman–Crippen LogP) is 0.363. The Balaban J connectivity index is 2.81. The maximum Gasteiger partial charge on any atom is 0.0558 e. The normalized spacial score (nSPS) is 12.9. The Morgan fingerprint density at radius 1 is 1.06 bits per heavy atom. The van der Waals surface area contributed by atoms with Crippen LogP contribution in [0.5, 0.6) is 0 Å². The van der Waals surface area contributed by atoms with Crippen LogP contribution in [-0.2, 0) is 0 Å². The van der Waals surface area contributed by atoms with Crippen molar-refractivity contribution in [2.75, 3.05) is 32.8 Å². The van der Waals surface area contributed by atoms with Crippen molar-refractivity contribution in [1.82, 2.24) is 4.90 Å². The van der Waals surface area contributed by atoms with E-state index in [0.717, 1.165) is 6.42 Å². The van der Waals surface area contributed by atoms with Crippen LogP contribution in [0, 0.1) is 0 Å². The number of hydrogen-bond acceptors (Lipinski definition) is 4. The standard InChI is InChI=1S/C13H22N2O2/c14-7-6-13(12-4-2-1-3-5-12)15(8-10-16)9-11-17/h1-5,13,16-17H,6-11,14H2. The second-order valence-electron chi connectivity index (χ2n) is 3.99. The van der Waals surface area contributed by atoms with Gasteiger partial charge in [0.15, 0.2) is 0 Å². The second-order valence-corrected chi connectivity index (χ2v) is 3.99. The van der Waals surface area contributed by atoms with Crippen molar-refractivity contribution < 1.29 is 10.2 Å². The van der Waals surface area contributed by atoms with Gasteiger partial charge in [0, 0.05) is 19.1 Å². The zero-order valence-electron chi connectivity index (χ0n) is 10.1. The van der Waals surface area contributed by atoms with Crippen LogP contribution in [0.15, 0.2) is 30.3 Å². The van der Waals surface area contributed by atoms with E-state index in [9.17, 15) is 0 Å². The largest absolute Gasteiger partial charge is 0.395 e. The first-order chi connectivity index (χ1) is 8.33. The Labute approximate surface area is 103 Å². The molecule has 0 aliphatic heterocycles. The Morgan fingerprint density at radius 2 is 1.65 bits per heavy atom. The van der Waals surface area contributed by atoms with Gasteiger partial charge < -0.3 is 15.9 Å². The molecule has 0 radical (unpaired) electrons. The van der Waals surface area contributed by atoms with Crippen molar-refractivity contribution >= 4 is 0 Å². The topological polar surface area (TPSA) is 69.7 Å². The van der Waals surface area contributed by atoms with Crippen molar-refractivity contribution in [2.45, 2.75) is 12.5 Å². The first-order valence-corrected chi connectivity index (χ1v) is 6.04. The van der Waals surface area contributed by atoms with Gasteiger partial charge in [-0.25, -0.2) is 0 Å². The Bertz CT molecular complexity index is 287. The van der Waals surface area contributed by atoms with Crippen molar-refractivity contribution in [3.05, 3.63) is 35.9 Å². The van der Waals surface area contributed by atoms with E-state index in [1.54, 1.807) is 0 Å². The molecule has 96 valence electrons. The van der Waals surface area contributed by atoms with Gasteiger partial charge in [-0.2, -0.15) is 0 Å². The number of rotatable bonds is 8. The number of nitrogens with two attached hydrogens (primary N) is 1. The first kappa shape index (κ1) is 14.1. The van der Waals surface area contributed by atoms with E-state index in [2.05, 4.69) is 17.0 Å². The molecule has 4 heteroatoms. The zero-order valence-corrected chi connectivity index (χ0v) is 10.1. The maximum absolute atomic E-state index is 9.07. The summed E-state index contributed by atoms with van der Waals surface area (Å²) in [5.74, 6) is 0. The third kappa shape index (κ3) is 4.44. The third-order valence-corrected chi connectivity index (χ3v) is 2.84. The molecule has 0 spiro atoms. The lowest BCUT2D eigenvalue weighted by Gasteiger charge is -2.30. The van der Waals surface area contributed by atoms with E-state index in [0.29, 0.717) is 19.6 Å². The lowest BCUT2D eigenvalue weighted by Crippen LogP contribution is -2.35.